The lowest BCUT2D eigenvalue weighted by atomic mass is 10.1. The van der Waals surface area contributed by atoms with Gasteiger partial charge in [-0.15, -0.1) is 0 Å². The Morgan fingerprint density at radius 1 is 1.25 bits per heavy atom. The van der Waals surface area contributed by atoms with Gasteiger partial charge in [0.25, 0.3) is 10.0 Å². The summed E-state index contributed by atoms with van der Waals surface area (Å²) in [6.45, 7) is 2.83. The second kappa shape index (κ2) is 9.18. The number of benzene rings is 1. The van der Waals surface area contributed by atoms with Crippen LogP contribution in [0.15, 0.2) is 35.5 Å². The summed E-state index contributed by atoms with van der Waals surface area (Å²) in [5.74, 6) is -1.74. The molecule has 0 fully saturated rings. The van der Waals surface area contributed by atoms with Gasteiger partial charge >= 0.3 is 5.97 Å². The average Bonchev–Trinajstić information content (AvgIpc) is 3.11. The van der Waals surface area contributed by atoms with Crippen LogP contribution in [0.4, 0.5) is 15.2 Å². The molecule has 2 aromatic heterocycles. The summed E-state index contributed by atoms with van der Waals surface area (Å²) in [5.41, 5.74) is 0.991. The molecule has 0 spiro atoms. The maximum atomic E-state index is 13.5. The maximum Gasteiger partial charge on any atom is 0.350 e. The van der Waals surface area contributed by atoms with Gasteiger partial charge in [-0.05, 0) is 36.8 Å². The summed E-state index contributed by atoms with van der Waals surface area (Å²) in [6.07, 6.45) is 1.20. The molecule has 1 amide bonds. The summed E-state index contributed by atoms with van der Waals surface area (Å²) >= 11 is 6.56. The maximum absolute atomic E-state index is 13.5. The van der Waals surface area contributed by atoms with Crippen molar-refractivity contribution in [2.75, 3.05) is 17.1 Å². The first-order valence-corrected chi connectivity index (χ1v) is 11.5. The van der Waals surface area contributed by atoms with Crippen LogP contribution in [0.2, 0.25) is 5.02 Å². The molecule has 1 aromatic carbocycles. The second-order valence-electron chi connectivity index (χ2n) is 6.45. The number of hydrogen-bond acceptors (Lipinski definition) is 8. The van der Waals surface area contributed by atoms with Gasteiger partial charge in [0.1, 0.15) is 10.7 Å². The van der Waals surface area contributed by atoms with E-state index in [9.17, 15) is 22.4 Å². The van der Waals surface area contributed by atoms with Gasteiger partial charge < -0.3 is 10.1 Å². The number of carbonyl (C=O) groups is 2. The van der Waals surface area contributed by atoms with Crippen molar-refractivity contribution in [1.29, 1.82) is 0 Å². The Balaban J connectivity index is 1.99. The predicted molar refractivity (Wildman–Crippen MR) is 118 cm³/mol. The monoisotopic (exact) mass is 498 g/mol. The number of esters is 1. The van der Waals surface area contributed by atoms with Gasteiger partial charge in [0.15, 0.2) is 10.2 Å². The number of sulfonamides is 1. The van der Waals surface area contributed by atoms with Gasteiger partial charge in [0.2, 0.25) is 5.91 Å². The minimum Gasteiger partial charge on any atom is -0.465 e. The first-order chi connectivity index (χ1) is 15.0. The van der Waals surface area contributed by atoms with E-state index in [0.717, 1.165) is 24.5 Å². The van der Waals surface area contributed by atoms with Crippen molar-refractivity contribution < 1.29 is 27.1 Å². The third kappa shape index (κ3) is 5.03. The fourth-order valence-electron chi connectivity index (χ4n) is 2.71. The Kier molecular flexibility index (Phi) is 6.77. The number of nitrogens with one attached hydrogen (secondary N) is 2. The smallest absolute Gasteiger partial charge is 0.350 e. The zero-order valence-electron chi connectivity index (χ0n) is 16.9. The number of pyridine rings is 1. The highest BCUT2D eigenvalue weighted by Gasteiger charge is 2.25. The van der Waals surface area contributed by atoms with Crippen LogP contribution in [0.5, 0.6) is 0 Å². The molecular formula is C19H16ClFN4O5S2. The largest absolute Gasteiger partial charge is 0.465 e. The molecule has 0 bridgehead atoms. The molecule has 13 heteroatoms. The molecule has 9 nitrogen and oxygen atoms in total. The van der Waals surface area contributed by atoms with Crippen LogP contribution in [0.1, 0.15) is 22.2 Å². The van der Waals surface area contributed by atoms with Crippen molar-refractivity contribution in [3.63, 3.8) is 0 Å². The number of nitrogens with zero attached hydrogens (tertiary/aromatic N) is 2. The van der Waals surface area contributed by atoms with Crippen molar-refractivity contribution in [3.05, 3.63) is 51.7 Å². The van der Waals surface area contributed by atoms with Gasteiger partial charge in [-0.25, -0.2) is 19.2 Å². The first-order valence-electron chi connectivity index (χ1n) is 8.83. The van der Waals surface area contributed by atoms with Gasteiger partial charge in [-0.3, -0.25) is 9.52 Å². The minimum atomic E-state index is -4.19. The zero-order valence-corrected chi connectivity index (χ0v) is 19.3. The molecule has 3 aromatic rings. The lowest BCUT2D eigenvalue weighted by Gasteiger charge is -2.09. The van der Waals surface area contributed by atoms with E-state index in [4.69, 9.17) is 16.3 Å². The molecule has 0 atom stereocenters. The number of aromatic nitrogens is 2. The van der Waals surface area contributed by atoms with E-state index >= 15 is 0 Å². The topological polar surface area (TPSA) is 127 Å². The van der Waals surface area contributed by atoms with E-state index in [-0.39, 0.29) is 37.2 Å². The highest BCUT2D eigenvalue weighted by Crippen LogP contribution is 2.34. The number of aryl methyl sites for hydroxylation is 1. The Morgan fingerprint density at radius 3 is 2.56 bits per heavy atom. The number of thiazole rings is 1. The van der Waals surface area contributed by atoms with Crippen LogP contribution in [-0.4, -0.2) is 37.4 Å². The van der Waals surface area contributed by atoms with Gasteiger partial charge in [-0.1, -0.05) is 22.9 Å². The van der Waals surface area contributed by atoms with E-state index < -0.39 is 21.8 Å². The number of carbonyl (C=O) groups excluding carboxylic acids is 2. The molecule has 0 saturated carbocycles. The summed E-state index contributed by atoms with van der Waals surface area (Å²) in [4.78, 5) is 31.5. The third-order valence-electron chi connectivity index (χ3n) is 4.02. The average molecular weight is 499 g/mol. The fraction of sp³-hybridized carbons (Fsp3) is 0.158. The van der Waals surface area contributed by atoms with Crippen LogP contribution >= 0.6 is 22.9 Å². The Morgan fingerprint density at radius 2 is 1.97 bits per heavy atom. The van der Waals surface area contributed by atoms with E-state index in [0.29, 0.717) is 11.3 Å². The molecule has 168 valence electrons. The van der Waals surface area contributed by atoms with Crippen molar-refractivity contribution >= 4 is 55.7 Å². The number of rotatable bonds is 6. The standard InChI is InChI=1S/C19H16ClFN4O5S2/c1-9-6-12(23-10(2)26)8-22-17(9)32(28,29)25-19-24-15(16(31-19)18(27)30-3)11-4-5-14(21)13(20)7-11/h4-8H,1-3H3,(H,23,26)(H,24,25). The van der Waals surface area contributed by atoms with E-state index in [1.165, 1.54) is 38.2 Å². The van der Waals surface area contributed by atoms with Crippen molar-refractivity contribution in [3.8, 4) is 11.3 Å². The van der Waals surface area contributed by atoms with Crippen LogP contribution in [0, 0.1) is 12.7 Å². The van der Waals surface area contributed by atoms with Gasteiger partial charge in [-0.2, -0.15) is 8.42 Å². The number of hydrogen-bond donors (Lipinski definition) is 2. The third-order valence-corrected chi connectivity index (χ3v) is 6.79. The molecule has 0 saturated heterocycles. The Bertz CT molecular complexity index is 1330. The quantitative estimate of drug-likeness (QED) is 0.494. The zero-order chi connectivity index (χ0) is 23.6. The van der Waals surface area contributed by atoms with Crippen LogP contribution in [-0.2, 0) is 19.6 Å². The molecule has 0 unspecified atom stereocenters. The first kappa shape index (κ1) is 23.6. The number of amides is 1. The number of methoxy groups -OCH3 is 1. The molecular weight excluding hydrogens is 483 g/mol. The molecule has 0 radical (unpaired) electrons. The fourth-order valence-corrected chi connectivity index (χ4v) is 5.19. The predicted octanol–water partition coefficient (Wildman–Crippen LogP) is 3.85. The Hall–Kier alpha value is -3.09. The van der Waals surface area contributed by atoms with Crippen LogP contribution in [0.25, 0.3) is 11.3 Å². The van der Waals surface area contributed by atoms with Crippen molar-refractivity contribution in [2.24, 2.45) is 0 Å². The molecule has 32 heavy (non-hydrogen) atoms. The van der Waals surface area contributed by atoms with Gasteiger partial charge in [0, 0.05) is 12.5 Å². The van der Waals surface area contributed by atoms with E-state index in [2.05, 4.69) is 20.0 Å². The Labute approximate surface area is 191 Å². The lowest BCUT2D eigenvalue weighted by Crippen LogP contribution is -2.16. The summed E-state index contributed by atoms with van der Waals surface area (Å²) in [7, 11) is -3.02. The highest BCUT2D eigenvalue weighted by molar-refractivity contribution is 7.92. The number of halogens is 2. The molecule has 0 aliphatic rings. The second-order valence-corrected chi connectivity index (χ2v) is 9.45. The van der Waals surface area contributed by atoms with Crippen LogP contribution in [0.3, 0.4) is 0 Å². The SMILES string of the molecule is COC(=O)c1sc(NS(=O)(=O)c2ncc(NC(C)=O)cc2C)nc1-c1ccc(F)c(Cl)c1. The van der Waals surface area contributed by atoms with Crippen molar-refractivity contribution in [2.45, 2.75) is 18.9 Å². The number of anilines is 2. The summed E-state index contributed by atoms with van der Waals surface area (Å²) in [5, 5.41) is 1.91. The van der Waals surface area contributed by atoms with E-state index in [1.807, 2.05) is 0 Å². The normalized spacial score (nSPS) is 11.2. The minimum absolute atomic E-state index is 0.00133. The highest BCUT2D eigenvalue weighted by atomic mass is 35.5. The van der Waals surface area contributed by atoms with Gasteiger partial charge in [0.05, 0.1) is 29.7 Å². The molecule has 0 aliphatic heterocycles. The lowest BCUT2D eigenvalue weighted by molar-refractivity contribution is -0.114. The van der Waals surface area contributed by atoms with Crippen LogP contribution < -0.4 is 10.0 Å². The molecule has 2 N–H and O–H groups in total. The number of ether oxygens (including phenoxy) is 1. The van der Waals surface area contributed by atoms with Crippen molar-refractivity contribution in [1.82, 2.24) is 9.97 Å². The summed E-state index contributed by atoms with van der Waals surface area (Å²) in [6, 6.07) is 5.18. The van der Waals surface area contributed by atoms with E-state index in [1.54, 1.807) is 0 Å². The summed E-state index contributed by atoms with van der Waals surface area (Å²) < 4.78 is 46.3. The molecule has 2 heterocycles. The molecule has 3 rings (SSSR count). The molecule has 0 aliphatic carbocycles.